The van der Waals surface area contributed by atoms with Crippen molar-refractivity contribution in [3.63, 3.8) is 0 Å². The summed E-state index contributed by atoms with van der Waals surface area (Å²) < 4.78 is 4.80. The summed E-state index contributed by atoms with van der Waals surface area (Å²) in [7, 11) is 0. The first-order valence-electron chi connectivity index (χ1n) is 6.06. The molecule has 0 radical (unpaired) electrons. The zero-order valence-corrected chi connectivity index (χ0v) is 9.84. The van der Waals surface area contributed by atoms with Crippen molar-refractivity contribution in [2.75, 3.05) is 13.1 Å². The summed E-state index contributed by atoms with van der Waals surface area (Å²) in [5.74, 6) is -0.110. The Morgan fingerprint density at radius 1 is 1.53 bits per heavy atom. The van der Waals surface area contributed by atoms with Crippen molar-refractivity contribution in [1.29, 1.82) is 0 Å². The molecule has 1 fully saturated rings. The summed E-state index contributed by atoms with van der Waals surface area (Å²) in [5.41, 5.74) is 1.11. The maximum absolute atomic E-state index is 10.5. The number of carboxylic acid groups (broad SMARTS) is 1. The van der Waals surface area contributed by atoms with Crippen LogP contribution in [0.1, 0.15) is 31.2 Å². The standard InChI is InChI=1S/C12H18N2O3/c15-12(16)2-1-10-3-5-14(6-4-10)8-11-7-13-17-9-11/h7,9-10H,1-6,8H2,(H,15,16). The third kappa shape index (κ3) is 3.85. The van der Waals surface area contributed by atoms with E-state index in [-0.39, 0.29) is 0 Å². The largest absolute Gasteiger partial charge is 0.481 e. The molecule has 17 heavy (non-hydrogen) atoms. The van der Waals surface area contributed by atoms with Crippen molar-refractivity contribution < 1.29 is 14.4 Å². The lowest BCUT2D eigenvalue weighted by molar-refractivity contribution is -0.137. The average Bonchev–Trinajstić information content (AvgIpc) is 2.81. The number of piperidine rings is 1. The minimum atomic E-state index is -0.683. The molecule has 0 amide bonds. The zero-order valence-electron chi connectivity index (χ0n) is 9.84. The van der Waals surface area contributed by atoms with Crippen molar-refractivity contribution >= 4 is 5.97 Å². The van der Waals surface area contributed by atoms with Gasteiger partial charge in [-0.2, -0.15) is 0 Å². The molecule has 1 aliphatic rings. The van der Waals surface area contributed by atoms with Crippen molar-refractivity contribution in [1.82, 2.24) is 10.1 Å². The Balaban J connectivity index is 1.69. The van der Waals surface area contributed by atoms with Gasteiger partial charge in [-0.15, -0.1) is 0 Å². The van der Waals surface area contributed by atoms with Gasteiger partial charge in [-0.3, -0.25) is 9.69 Å². The highest BCUT2D eigenvalue weighted by Gasteiger charge is 2.20. The summed E-state index contributed by atoms with van der Waals surface area (Å²) in [4.78, 5) is 12.9. The highest BCUT2D eigenvalue weighted by molar-refractivity contribution is 5.66. The second-order valence-electron chi connectivity index (χ2n) is 4.68. The molecule has 2 rings (SSSR count). The van der Waals surface area contributed by atoms with Crippen LogP contribution in [0.25, 0.3) is 0 Å². The van der Waals surface area contributed by atoms with Crippen LogP contribution in [0.2, 0.25) is 0 Å². The molecule has 1 N–H and O–H groups in total. The number of hydrogen-bond donors (Lipinski definition) is 1. The van der Waals surface area contributed by atoms with Gasteiger partial charge in [-0.1, -0.05) is 5.16 Å². The number of hydrogen-bond acceptors (Lipinski definition) is 4. The molecule has 0 unspecified atom stereocenters. The Hall–Kier alpha value is -1.36. The first-order valence-corrected chi connectivity index (χ1v) is 6.06. The predicted molar refractivity (Wildman–Crippen MR) is 61.4 cm³/mol. The van der Waals surface area contributed by atoms with Crippen LogP contribution < -0.4 is 0 Å². The maximum Gasteiger partial charge on any atom is 0.303 e. The summed E-state index contributed by atoms with van der Waals surface area (Å²) in [6, 6.07) is 0. The molecule has 1 aliphatic heterocycles. The fourth-order valence-electron chi connectivity index (χ4n) is 2.32. The van der Waals surface area contributed by atoms with E-state index in [1.807, 2.05) is 0 Å². The van der Waals surface area contributed by atoms with Crippen LogP contribution in [0.4, 0.5) is 0 Å². The lowest BCUT2D eigenvalue weighted by Gasteiger charge is -2.31. The highest BCUT2D eigenvalue weighted by Crippen LogP contribution is 2.22. The quantitative estimate of drug-likeness (QED) is 0.846. The van der Waals surface area contributed by atoms with Gasteiger partial charge in [0.25, 0.3) is 0 Å². The fraction of sp³-hybridized carbons (Fsp3) is 0.667. The molecule has 5 nitrogen and oxygen atoms in total. The van der Waals surface area contributed by atoms with E-state index in [1.54, 1.807) is 12.5 Å². The molecular formula is C12H18N2O3. The number of rotatable bonds is 5. The number of carboxylic acids is 1. The molecule has 5 heteroatoms. The SMILES string of the molecule is O=C(O)CCC1CCN(Cc2cnoc2)CC1. The molecule has 0 aliphatic carbocycles. The van der Waals surface area contributed by atoms with E-state index >= 15 is 0 Å². The molecule has 1 aromatic heterocycles. The van der Waals surface area contributed by atoms with Gasteiger partial charge in [0.1, 0.15) is 6.26 Å². The third-order valence-electron chi connectivity index (χ3n) is 3.36. The Morgan fingerprint density at radius 2 is 2.29 bits per heavy atom. The van der Waals surface area contributed by atoms with Gasteiger partial charge >= 0.3 is 5.97 Å². The van der Waals surface area contributed by atoms with Crippen molar-refractivity contribution in [2.45, 2.75) is 32.2 Å². The second-order valence-corrected chi connectivity index (χ2v) is 4.68. The normalized spacial score (nSPS) is 18.4. The van der Waals surface area contributed by atoms with Crippen LogP contribution in [-0.2, 0) is 11.3 Å². The third-order valence-corrected chi connectivity index (χ3v) is 3.36. The van der Waals surface area contributed by atoms with E-state index in [2.05, 4.69) is 10.1 Å². The van der Waals surface area contributed by atoms with Crippen molar-refractivity contribution in [3.8, 4) is 0 Å². The Kier molecular flexibility index (Phi) is 4.14. The molecule has 1 saturated heterocycles. The molecular weight excluding hydrogens is 220 g/mol. The smallest absolute Gasteiger partial charge is 0.303 e. The lowest BCUT2D eigenvalue weighted by Crippen LogP contribution is -2.33. The summed E-state index contributed by atoms with van der Waals surface area (Å²) in [5, 5.41) is 12.3. The number of likely N-dealkylation sites (tertiary alicyclic amines) is 1. The van der Waals surface area contributed by atoms with E-state index in [9.17, 15) is 4.79 Å². The number of carbonyl (C=O) groups is 1. The van der Waals surface area contributed by atoms with Crippen molar-refractivity contribution in [2.24, 2.45) is 5.92 Å². The molecule has 2 heterocycles. The van der Waals surface area contributed by atoms with Crippen LogP contribution in [0, 0.1) is 5.92 Å². The van der Waals surface area contributed by atoms with Gasteiger partial charge in [0, 0.05) is 18.5 Å². The highest BCUT2D eigenvalue weighted by atomic mass is 16.5. The fourth-order valence-corrected chi connectivity index (χ4v) is 2.32. The summed E-state index contributed by atoms with van der Waals surface area (Å²) in [6.07, 6.45) is 6.73. The molecule has 0 atom stereocenters. The topological polar surface area (TPSA) is 66.6 Å². The van der Waals surface area contributed by atoms with Crippen LogP contribution in [0.15, 0.2) is 17.0 Å². The predicted octanol–water partition coefficient (Wildman–Crippen LogP) is 1.75. The van der Waals surface area contributed by atoms with Crippen molar-refractivity contribution in [3.05, 3.63) is 18.0 Å². The summed E-state index contributed by atoms with van der Waals surface area (Å²) in [6.45, 7) is 2.96. The number of nitrogens with zero attached hydrogens (tertiary/aromatic N) is 2. The van der Waals surface area contributed by atoms with Gasteiger partial charge in [0.15, 0.2) is 0 Å². The van der Waals surface area contributed by atoms with Gasteiger partial charge < -0.3 is 9.63 Å². The Labute approximate surface area is 100 Å². The number of aromatic nitrogens is 1. The van der Waals surface area contributed by atoms with E-state index in [0.29, 0.717) is 12.3 Å². The first-order chi connectivity index (χ1) is 8.24. The van der Waals surface area contributed by atoms with Crippen LogP contribution in [-0.4, -0.2) is 34.2 Å². The zero-order chi connectivity index (χ0) is 12.1. The Bertz CT molecular complexity index is 343. The van der Waals surface area contributed by atoms with Gasteiger partial charge in [0.05, 0.1) is 6.20 Å². The monoisotopic (exact) mass is 238 g/mol. The van der Waals surface area contributed by atoms with Crippen LogP contribution in [0.5, 0.6) is 0 Å². The van der Waals surface area contributed by atoms with Crippen LogP contribution in [0.3, 0.4) is 0 Å². The Morgan fingerprint density at radius 3 is 2.88 bits per heavy atom. The molecule has 0 saturated carbocycles. The van der Waals surface area contributed by atoms with E-state index in [4.69, 9.17) is 9.63 Å². The average molecular weight is 238 g/mol. The first kappa shape index (κ1) is 12.1. The van der Waals surface area contributed by atoms with Gasteiger partial charge in [0.2, 0.25) is 0 Å². The van der Waals surface area contributed by atoms with E-state index in [1.165, 1.54) is 0 Å². The number of aliphatic carboxylic acids is 1. The summed E-state index contributed by atoms with van der Waals surface area (Å²) >= 11 is 0. The second kappa shape index (κ2) is 5.82. The van der Waals surface area contributed by atoms with Gasteiger partial charge in [-0.05, 0) is 38.3 Å². The van der Waals surface area contributed by atoms with Gasteiger partial charge in [-0.25, -0.2) is 0 Å². The molecule has 0 spiro atoms. The molecule has 1 aromatic rings. The minimum absolute atomic E-state index is 0.302. The van der Waals surface area contributed by atoms with E-state index < -0.39 is 5.97 Å². The minimum Gasteiger partial charge on any atom is -0.481 e. The maximum atomic E-state index is 10.5. The van der Waals surface area contributed by atoms with E-state index in [0.717, 1.165) is 44.5 Å². The molecule has 0 aromatic carbocycles. The molecule has 94 valence electrons. The molecule has 0 bridgehead atoms. The van der Waals surface area contributed by atoms with Crippen LogP contribution >= 0.6 is 0 Å². The lowest BCUT2D eigenvalue weighted by atomic mass is 9.92.